The maximum atomic E-state index is 12.6. The predicted molar refractivity (Wildman–Crippen MR) is 129 cm³/mol. The molecule has 0 spiro atoms. The Kier molecular flexibility index (Phi) is 8.26. The van der Waals surface area contributed by atoms with Crippen molar-refractivity contribution in [2.24, 2.45) is 7.05 Å². The van der Waals surface area contributed by atoms with Crippen molar-refractivity contribution >= 4 is 18.0 Å². The van der Waals surface area contributed by atoms with Crippen LogP contribution in [0.25, 0.3) is 6.08 Å². The second-order valence-electron chi connectivity index (χ2n) is 9.02. The van der Waals surface area contributed by atoms with Crippen LogP contribution in [0.5, 0.6) is 0 Å². The summed E-state index contributed by atoms with van der Waals surface area (Å²) in [6.07, 6.45) is 12.6. The van der Waals surface area contributed by atoms with E-state index in [1.165, 1.54) is 29.7 Å². The number of ether oxygens (including phenoxy) is 2. The van der Waals surface area contributed by atoms with Crippen molar-refractivity contribution in [3.63, 3.8) is 0 Å². The summed E-state index contributed by atoms with van der Waals surface area (Å²) in [7, 11) is 1.88. The third-order valence-corrected chi connectivity index (χ3v) is 5.88. The third kappa shape index (κ3) is 6.91. The summed E-state index contributed by atoms with van der Waals surface area (Å²) >= 11 is 0. The molecule has 6 heteroatoms. The second kappa shape index (κ2) is 11.1. The number of carbonyl (C=O) groups is 2. The number of fused-ring (bicyclic) bond motifs is 1. The molecule has 6 nitrogen and oxygen atoms in total. The van der Waals surface area contributed by atoms with Crippen LogP contribution in [0.1, 0.15) is 67.5 Å². The van der Waals surface area contributed by atoms with E-state index in [1.54, 1.807) is 12.4 Å². The first kappa shape index (κ1) is 24.5. The molecule has 0 N–H and O–H groups in total. The summed E-state index contributed by atoms with van der Waals surface area (Å²) in [6.45, 7) is 7.89. The zero-order valence-electron chi connectivity index (χ0n) is 20.2. The lowest BCUT2D eigenvalue weighted by atomic mass is 9.84. The number of esters is 2. The Labute approximate surface area is 196 Å². The molecule has 2 aromatic rings. The van der Waals surface area contributed by atoms with E-state index in [2.05, 4.69) is 37.9 Å². The van der Waals surface area contributed by atoms with E-state index >= 15 is 0 Å². The molecule has 0 saturated heterocycles. The van der Waals surface area contributed by atoms with Gasteiger partial charge in [-0.2, -0.15) is 0 Å². The molecule has 1 aliphatic carbocycles. The van der Waals surface area contributed by atoms with Crippen LogP contribution in [-0.2, 0) is 39.0 Å². The van der Waals surface area contributed by atoms with Crippen LogP contribution in [0, 0.1) is 6.92 Å². The summed E-state index contributed by atoms with van der Waals surface area (Å²) in [5, 5.41) is 0. The van der Waals surface area contributed by atoms with Gasteiger partial charge in [-0.1, -0.05) is 38.1 Å². The Morgan fingerprint density at radius 2 is 1.76 bits per heavy atom. The highest BCUT2D eigenvalue weighted by Crippen LogP contribution is 2.30. The Balaban J connectivity index is 1.88. The average molecular weight is 451 g/mol. The van der Waals surface area contributed by atoms with Gasteiger partial charge < -0.3 is 14.0 Å². The summed E-state index contributed by atoms with van der Waals surface area (Å²) in [5.74, 6) is -0.316. The van der Waals surface area contributed by atoms with Crippen molar-refractivity contribution in [2.75, 3.05) is 0 Å². The molecule has 1 aliphatic rings. The maximum absolute atomic E-state index is 12.6. The van der Waals surface area contributed by atoms with Gasteiger partial charge in [0.1, 0.15) is 12.2 Å². The first-order chi connectivity index (χ1) is 15.7. The van der Waals surface area contributed by atoms with Crippen LogP contribution in [-0.4, -0.2) is 33.7 Å². The Morgan fingerprint density at radius 3 is 2.36 bits per heavy atom. The van der Waals surface area contributed by atoms with Crippen LogP contribution >= 0.6 is 0 Å². The van der Waals surface area contributed by atoms with Gasteiger partial charge in [0.25, 0.3) is 0 Å². The number of benzene rings is 1. The van der Waals surface area contributed by atoms with E-state index in [1.807, 2.05) is 30.0 Å². The smallest absolute Gasteiger partial charge is 0.331 e. The van der Waals surface area contributed by atoms with E-state index in [-0.39, 0.29) is 24.1 Å². The molecule has 0 amide bonds. The number of aryl methyl sites for hydroxylation is 2. The van der Waals surface area contributed by atoms with Gasteiger partial charge in [-0.3, -0.25) is 4.79 Å². The SMILES string of the molecule is CC(=O)OC1C/C=C\CC(OC(=O)/C=C/c2cn(C)cn2)Cc2c(C)ccc(C(C)C)c2C1. The van der Waals surface area contributed by atoms with Crippen molar-refractivity contribution in [1.82, 2.24) is 9.55 Å². The minimum absolute atomic E-state index is 0.211. The van der Waals surface area contributed by atoms with Crippen molar-refractivity contribution < 1.29 is 19.1 Å². The molecule has 1 heterocycles. The monoisotopic (exact) mass is 450 g/mol. The molecule has 0 saturated carbocycles. The number of hydrogen-bond donors (Lipinski definition) is 0. The lowest BCUT2D eigenvalue weighted by Crippen LogP contribution is -2.25. The van der Waals surface area contributed by atoms with Gasteiger partial charge in [0, 0.05) is 51.9 Å². The summed E-state index contributed by atoms with van der Waals surface area (Å²) in [4.78, 5) is 28.4. The van der Waals surface area contributed by atoms with Gasteiger partial charge in [0.2, 0.25) is 0 Å². The molecule has 0 fully saturated rings. The van der Waals surface area contributed by atoms with Gasteiger partial charge in [-0.25, -0.2) is 9.78 Å². The first-order valence-corrected chi connectivity index (χ1v) is 11.5. The molecule has 2 atom stereocenters. The average Bonchev–Trinajstić information content (AvgIpc) is 3.16. The Hall–Kier alpha value is -3.15. The van der Waals surface area contributed by atoms with Crippen molar-refractivity contribution in [3.8, 4) is 0 Å². The number of hydrogen-bond acceptors (Lipinski definition) is 5. The maximum Gasteiger partial charge on any atom is 0.331 e. The molecule has 176 valence electrons. The van der Waals surface area contributed by atoms with Gasteiger partial charge >= 0.3 is 11.9 Å². The normalized spacial score (nSPS) is 19.8. The lowest BCUT2D eigenvalue weighted by Gasteiger charge is -2.26. The molecule has 2 unspecified atom stereocenters. The fourth-order valence-corrected chi connectivity index (χ4v) is 4.30. The highest BCUT2D eigenvalue weighted by molar-refractivity contribution is 5.86. The molecular formula is C27H34N2O4. The summed E-state index contributed by atoms with van der Waals surface area (Å²) in [6, 6.07) is 4.30. The second-order valence-corrected chi connectivity index (χ2v) is 9.02. The van der Waals surface area contributed by atoms with Gasteiger partial charge in [0.05, 0.1) is 12.0 Å². The largest absolute Gasteiger partial charge is 0.462 e. The molecule has 33 heavy (non-hydrogen) atoms. The molecule has 0 radical (unpaired) electrons. The first-order valence-electron chi connectivity index (χ1n) is 11.5. The summed E-state index contributed by atoms with van der Waals surface area (Å²) in [5.41, 5.74) is 5.50. The number of carbonyl (C=O) groups excluding carboxylic acids is 2. The molecule has 1 aromatic heterocycles. The fraction of sp³-hybridized carbons (Fsp3) is 0.444. The van der Waals surface area contributed by atoms with Crippen molar-refractivity contribution in [2.45, 2.75) is 71.5 Å². The van der Waals surface area contributed by atoms with E-state index in [9.17, 15) is 9.59 Å². The quantitative estimate of drug-likeness (QED) is 0.370. The Bertz CT molecular complexity index is 1050. The van der Waals surface area contributed by atoms with Crippen LogP contribution in [0.15, 0.2) is 42.9 Å². The topological polar surface area (TPSA) is 70.4 Å². The van der Waals surface area contributed by atoms with E-state index in [4.69, 9.17) is 9.47 Å². The molecule has 0 bridgehead atoms. The van der Waals surface area contributed by atoms with Gasteiger partial charge in [-0.15, -0.1) is 0 Å². The number of imidazole rings is 1. The predicted octanol–water partition coefficient (Wildman–Crippen LogP) is 4.84. The zero-order valence-corrected chi connectivity index (χ0v) is 20.2. The zero-order chi connectivity index (χ0) is 24.0. The molecule has 0 aliphatic heterocycles. The van der Waals surface area contributed by atoms with E-state index < -0.39 is 0 Å². The van der Waals surface area contributed by atoms with Gasteiger partial charge in [-0.05, 0) is 41.2 Å². The molecular weight excluding hydrogens is 416 g/mol. The van der Waals surface area contributed by atoms with E-state index in [0.29, 0.717) is 37.3 Å². The number of aromatic nitrogens is 2. The minimum atomic E-state index is -0.381. The van der Waals surface area contributed by atoms with Crippen LogP contribution in [0.2, 0.25) is 0 Å². The third-order valence-electron chi connectivity index (χ3n) is 5.88. The molecule has 1 aromatic carbocycles. The summed E-state index contributed by atoms with van der Waals surface area (Å²) < 4.78 is 13.3. The van der Waals surface area contributed by atoms with Crippen LogP contribution in [0.4, 0.5) is 0 Å². The highest BCUT2D eigenvalue weighted by Gasteiger charge is 2.24. The number of nitrogens with zero attached hydrogens (tertiary/aromatic N) is 2. The number of rotatable bonds is 5. The lowest BCUT2D eigenvalue weighted by molar-refractivity contribution is -0.146. The Morgan fingerprint density at radius 1 is 1.09 bits per heavy atom. The van der Waals surface area contributed by atoms with Crippen molar-refractivity contribution in [3.05, 3.63) is 70.8 Å². The van der Waals surface area contributed by atoms with E-state index in [0.717, 1.165) is 5.56 Å². The minimum Gasteiger partial charge on any atom is -0.462 e. The van der Waals surface area contributed by atoms with Crippen LogP contribution in [0.3, 0.4) is 0 Å². The van der Waals surface area contributed by atoms with Crippen molar-refractivity contribution in [1.29, 1.82) is 0 Å². The highest BCUT2D eigenvalue weighted by atomic mass is 16.5. The van der Waals surface area contributed by atoms with Crippen LogP contribution < -0.4 is 0 Å². The standard InChI is InChI=1S/C27H34N2O4/c1-18(2)24-12-10-19(3)25-14-23(33-27(31)13-11-21-16-29(5)17-28-21)9-7-6-8-22(15-26(24)25)32-20(4)30/h6-7,10-13,16-18,22-23H,8-9,14-15H2,1-5H3/b7-6-,13-11+. The molecule has 3 rings (SSSR count). The fourth-order valence-electron chi connectivity index (χ4n) is 4.30. The van der Waals surface area contributed by atoms with Gasteiger partial charge in [0.15, 0.2) is 0 Å².